The normalized spacial score (nSPS) is 15.1. The predicted octanol–water partition coefficient (Wildman–Crippen LogP) is 4.10. The fourth-order valence-electron chi connectivity index (χ4n) is 3.46. The highest BCUT2D eigenvalue weighted by Crippen LogP contribution is 2.29. The predicted molar refractivity (Wildman–Crippen MR) is 114 cm³/mol. The van der Waals surface area contributed by atoms with Crippen molar-refractivity contribution in [1.29, 1.82) is 0 Å². The number of thiazole rings is 1. The molecular formula is C20H19N5OS2. The number of carbonyl (C=O) groups is 1. The SMILES string of the molecule is O=C(c1cnc(-c2cccs2)s1)N1CCCN(c2nc3ccccc3[nH]2)CC1. The van der Waals surface area contributed by atoms with Crippen LogP contribution in [-0.2, 0) is 0 Å². The number of carbonyl (C=O) groups excluding carboxylic acids is 1. The molecular weight excluding hydrogens is 390 g/mol. The molecule has 6 nitrogen and oxygen atoms in total. The Morgan fingerprint density at radius 3 is 2.86 bits per heavy atom. The van der Waals surface area contributed by atoms with Gasteiger partial charge >= 0.3 is 0 Å². The number of fused-ring (bicyclic) bond motifs is 1. The smallest absolute Gasteiger partial charge is 0.265 e. The molecule has 1 fully saturated rings. The van der Waals surface area contributed by atoms with Gasteiger partial charge in [0.15, 0.2) is 0 Å². The summed E-state index contributed by atoms with van der Waals surface area (Å²) in [6.45, 7) is 3.08. The topological polar surface area (TPSA) is 65.1 Å². The van der Waals surface area contributed by atoms with Gasteiger partial charge in [-0.2, -0.15) is 0 Å². The highest BCUT2D eigenvalue weighted by atomic mass is 32.1. The van der Waals surface area contributed by atoms with Gasteiger partial charge in [0.25, 0.3) is 5.91 Å². The van der Waals surface area contributed by atoms with Crippen LogP contribution >= 0.6 is 22.7 Å². The summed E-state index contributed by atoms with van der Waals surface area (Å²) in [6.07, 6.45) is 2.63. The lowest BCUT2D eigenvalue weighted by atomic mass is 10.3. The molecule has 1 aromatic carbocycles. The van der Waals surface area contributed by atoms with Gasteiger partial charge in [-0.1, -0.05) is 18.2 Å². The number of nitrogens with one attached hydrogen (secondary N) is 1. The Hall–Kier alpha value is -2.71. The van der Waals surface area contributed by atoms with Crippen molar-refractivity contribution in [3.05, 3.63) is 52.9 Å². The summed E-state index contributed by atoms with van der Waals surface area (Å²) in [5.74, 6) is 0.958. The number of imidazole rings is 1. The highest BCUT2D eigenvalue weighted by molar-refractivity contribution is 7.21. The average molecular weight is 410 g/mol. The number of rotatable bonds is 3. The molecule has 4 aromatic rings. The summed E-state index contributed by atoms with van der Waals surface area (Å²) in [7, 11) is 0. The van der Waals surface area contributed by atoms with E-state index in [-0.39, 0.29) is 5.91 Å². The van der Waals surface area contributed by atoms with Gasteiger partial charge in [0.05, 0.1) is 22.1 Å². The number of amides is 1. The van der Waals surface area contributed by atoms with Crippen molar-refractivity contribution in [2.24, 2.45) is 0 Å². The Bertz CT molecular complexity index is 1070. The Balaban J connectivity index is 1.29. The van der Waals surface area contributed by atoms with Gasteiger partial charge in [-0.3, -0.25) is 4.79 Å². The first-order valence-corrected chi connectivity index (χ1v) is 11.0. The fourth-order valence-corrected chi connectivity index (χ4v) is 5.15. The zero-order valence-electron chi connectivity index (χ0n) is 15.2. The van der Waals surface area contributed by atoms with Crippen molar-refractivity contribution in [1.82, 2.24) is 19.9 Å². The van der Waals surface area contributed by atoms with Gasteiger partial charge in [-0.25, -0.2) is 9.97 Å². The van der Waals surface area contributed by atoms with E-state index < -0.39 is 0 Å². The van der Waals surface area contributed by atoms with Gasteiger partial charge < -0.3 is 14.8 Å². The highest BCUT2D eigenvalue weighted by Gasteiger charge is 2.23. The van der Waals surface area contributed by atoms with E-state index in [1.165, 1.54) is 11.3 Å². The molecule has 1 aliphatic rings. The number of thiophene rings is 1. The molecule has 142 valence electrons. The number of aromatic nitrogens is 3. The molecule has 0 bridgehead atoms. The molecule has 4 heterocycles. The maximum absolute atomic E-state index is 13.0. The molecule has 0 saturated carbocycles. The second-order valence-corrected chi connectivity index (χ2v) is 8.70. The molecule has 5 rings (SSSR count). The van der Waals surface area contributed by atoms with Crippen molar-refractivity contribution in [3.63, 3.8) is 0 Å². The van der Waals surface area contributed by atoms with E-state index in [0.29, 0.717) is 11.4 Å². The minimum atomic E-state index is 0.0757. The lowest BCUT2D eigenvalue weighted by Gasteiger charge is -2.21. The number of benzene rings is 1. The molecule has 1 aliphatic heterocycles. The van der Waals surface area contributed by atoms with E-state index in [2.05, 4.69) is 14.9 Å². The van der Waals surface area contributed by atoms with Crippen molar-refractivity contribution in [2.45, 2.75) is 6.42 Å². The molecule has 8 heteroatoms. The van der Waals surface area contributed by atoms with Crippen molar-refractivity contribution in [3.8, 4) is 9.88 Å². The minimum Gasteiger partial charge on any atom is -0.341 e. The first kappa shape index (κ1) is 17.4. The van der Waals surface area contributed by atoms with E-state index in [1.54, 1.807) is 17.5 Å². The Labute approximate surface area is 170 Å². The van der Waals surface area contributed by atoms with Crippen LogP contribution in [0.4, 0.5) is 5.95 Å². The number of hydrogen-bond acceptors (Lipinski definition) is 6. The maximum atomic E-state index is 13.0. The second-order valence-electron chi connectivity index (χ2n) is 6.72. The third-order valence-electron chi connectivity index (χ3n) is 4.91. The standard InChI is InChI=1S/C20H19N5OS2/c26-19(17-13-21-18(28-17)16-7-3-12-27-16)24-8-4-9-25(11-10-24)20-22-14-5-1-2-6-15(14)23-20/h1-3,5-7,12-13H,4,8-11H2,(H,22,23). The molecule has 3 aromatic heterocycles. The van der Waals surface area contributed by atoms with E-state index in [0.717, 1.165) is 52.9 Å². The Morgan fingerprint density at radius 1 is 1.07 bits per heavy atom. The van der Waals surface area contributed by atoms with Crippen LogP contribution in [0.15, 0.2) is 48.0 Å². The van der Waals surface area contributed by atoms with E-state index in [1.807, 2.05) is 46.7 Å². The van der Waals surface area contributed by atoms with Crippen LogP contribution in [0.5, 0.6) is 0 Å². The van der Waals surface area contributed by atoms with Crippen LogP contribution < -0.4 is 4.90 Å². The second kappa shape index (κ2) is 7.37. The zero-order valence-corrected chi connectivity index (χ0v) is 16.8. The van der Waals surface area contributed by atoms with Crippen LogP contribution in [0, 0.1) is 0 Å². The van der Waals surface area contributed by atoms with Crippen molar-refractivity contribution >= 4 is 45.6 Å². The van der Waals surface area contributed by atoms with Gasteiger partial charge in [0.1, 0.15) is 9.88 Å². The average Bonchev–Trinajstić information content (AvgIpc) is 3.44. The molecule has 0 spiro atoms. The van der Waals surface area contributed by atoms with Crippen LogP contribution in [0.3, 0.4) is 0 Å². The van der Waals surface area contributed by atoms with Crippen LogP contribution in [-0.4, -0.2) is 51.9 Å². The molecule has 0 unspecified atom stereocenters. The lowest BCUT2D eigenvalue weighted by Crippen LogP contribution is -2.35. The number of nitrogens with zero attached hydrogens (tertiary/aromatic N) is 4. The number of anilines is 1. The third-order valence-corrected chi connectivity index (χ3v) is 6.93. The number of H-pyrrole nitrogens is 1. The molecule has 1 saturated heterocycles. The first-order valence-electron chi connectivity index (χ1n) is 9.26. The van der Waals surface area contributed by atoms with Crippen LogP contribution in [0.1, 0.15) is 16.1 Å². The van der Waals surface area contributed by atoms with Crippen LogP contribution in [0.2, 0.25) is 0 Å². The van der Waals surface area contributed by atoms with Gasteiger partial charge in [0.2, 0.25) is 5.95 Å². The zero-order chi connectivity index (χ0) is 18.9. The molecule has 1 amide bonds. The van der Waals surface area contributed by atoms with Gasteiger partial charge in [0, 0.05) is 26.2 Å². The van der Waals surface area contributed by atoms with E-state index >= 15 is 0 Å². The van der Waals surface area contributed by atoms with Crippen molar-refractivity contribution in [2.75, 3.05) is 31.1 Å². The lowest BCUT2D eigenvalue weighted by molar-refractivity contribution is 0.0771. The van der Waals surface area contributed by atoms with E-state index in [9.17, 15) is 4.79 Å². The summed E-state index contributed by atoms with van der Waals surface area (Å²) >= 11 is 3.12. The largest absolute Gasteiger partial charge is 0.341 e. The first-order chi connectivity index (χ1) is 13.8. The Morgan fingerprint density at radius 2 is 2.00 bits per heavy atom. The molecule has 28 heavy (non-hydrogen) atoms. The van der Waals surface area contributed by atoms with Crippen LogP contribution in [0.25, 0.3) is 20.9 Å². The van der Waals surface area contributed by atoms with Gasteiger partial charge in [-0.05, 0) is 30.0 Å². The summed E-state index contributed by atoms with van der Waals surface area (Å²) < 4.78 is 0. The van der Waals surface area contributed by atoms with Crippen molar-refractivity contribution < 1.29 is 4.79 Å². The summed E-state index contributed by atoms with van der Waals surface area (Å²) in [4.78, 5) is 31.5. The number of aromatic amines is 1. The quantitative estimate of drug-likeness (QED) is 0.553. The summed E-state index contributed by atoms with van der Waals surface area (Å²) in [5.41, 5.74) is 2.01. The third kappa shape index (κ3) is 3.29. The monoisotopic (exact) mass is 409 g/mol. The molecule has 0 aliphatic carbocycles. The summed E-state index contributed by atoms with van der Waals surface area (Å²) in [6, 6.07) is 12.1. The van der Waals surface area contributed by atoms with Gasteiger partial charge in [-0.15, -0.1) is 22.7 Å². The molecule has 1 N–H and O–H groups in total. The minimum absolute atomic E-state index is 0.0757. The molecule has 0 radical (unpaired) electrons. The number of hydrogen-bond donors (Lipinski definition) is 1. The maximum Gasteiger partial charge on any atom is 0.265 e. The summed E-state index contributed by atoms with van der Waals surface area (Å²) in [5, 5.41) is 2.94. The Kier molecular flexibility index (Phi) is 4.58. The molecule has 0 atom stereocenters. The fraction of sp³-hybridized carbons (Fsp3) is 0.250. The number of para-hydroxylation sites is 2. The van der Waals surface area contributed by atoms with E-state index in [4.69, 9.17) is 4.98 Å².